The van der Waals surface area contributed by atoms with Gasteiger partial charge in [-0.1, -0.05) is 13.8 Å². The van der Waals surface area contributed by atoms with Crippen LogP contribution in [0.3, 0.4) is 0 Å². The summed E-state index contributed by atoms with van der Waals surface area (Å²) in [5, 5.41) is 10.9. The van der Waals surface area contributed by atoms with Crippen molar-refractivity contribution in [1.29, 1.82) is 0 Å². The molecule has 1 aromatic carbocycles. The average Bonchev–Trinajstić information content (AvgIpc) is 2.53. The number of non-ortho nitro benzene ring substituents is 1. The number of fused-ring (bicyclic) bond motifs is 1. The second-order valence-corrected chi connectivity index (χ2v) is 6.36. The Kier molecular flexibility index (Phi) is 5.54. The van der Waals surface area contributed by atoms with Crippen molar-refractivity contribution >= 4 is 23.3 Å². The third-order valence-corrected chi connectivity index (χ3v) is 4.08. The monoisotopic (exact) mass is 334 g/mol. The van der Waals surface area contributed by atoms with Crippen LogP contribution in [0.5, 0.6) is 0 Å². The first-order valence-electron chi connectivity index (χ1n) is 8.07. The molecule has 1 atom stereocenters. The van der Waals surface area contributed by atoms with Gasteiger partial charge in [-0.05, 0) is 37.3 Å². The first kappa shape index (κ1) is 17.9. The van der Waals surface area contributed by atoms with Crippen LogP contribution < -0.4 is 4.90 Å². The van der Waals surface area contributed by atoms with E-state index in [4.69, 9.17) is 4.74 Å². The minimum Gasteiger partial charge on any atom is -0.464 e. The van der Waals surface area contributed by atoms with Crippen molar-refractivity contribution in [2.24, 2.45) is 5.92 Å². The summed E-state index contributed by atoms with van der Waals surface area (Å²) in [6.07, 6.45) is 1.41. The van der Waals surface area contributed by atoms with Gasteiger partial charge in [-0.25, -0.2) is 4.79 Å². The SMILES string of the molecule is CC(C)CCOC(=O)C(C)N1C(=O)CCc2cc([N+](=O)[O-])ccc21. The number of nitro groups is 1. The Morgan fingerprint density at radius 1 is 1.33 bits per heavy atom. The third-order valence-electron chi connectivity index (χ3n) is 4.08. The number of nitro benzene ring substituents is 1. The number of carbonyl (C=O) groups excluding carboxylic acids is 2. The lowest BCUT2D eigenvalue weighted by molar-refractivity contribution is -0.384. The molecule has 7 heteroatoms. The molecule has 1 aromatic rings. The van der Waals surface area contributed by atoms with Crippen LogP contribution in [0.2, 0.25) is 0 Å². The molecule has 24 heavy (non-hydrogen) atoms. The van der Waals surface area contributed by atoms with E-state index in [0.717, 1.165) is 6.42 Å². The number of nitrogens with zero attached hydrogens (tertiary/aromatic N) is 2. The van der Waals surface area contributed by atoms with Crippen LogP contribution in [0, 0.1) is 16.0 Å². The molecule has 1 amide bonds. The zero-order valence-electron chi connectivity index (χ0n) is 14.2. The van der Waals surface area contributed by atoms with Gasteiger partial charge < -0.3 is 4.74 Å². The second-order valence-electron chi connectivity index (χ2n) is 6.36. The number of hydrogen-bond acceptors (Lipinski definition) is 5. The van der Waals surface area contributed by atoms with E-state index in [1.807, 2.05) is 13.8 Å². The largest absolute Gasteiger partial charge is 0.464 e. The van der Waals surface area contributed by atoms with Crippen LogP contribution >= 0.6 is 0 Å². The molecule has 7 nitrogen and oxygen atoms in total. The van der Waals surface area contributed by atoms with Gasteiger partial charge in [0.1, 0.15) is 6.04 Å². The molecule has 2 rings (SSSR count). The zero-order chi connectivity index (χ0) is 17.9. The minimum atomic E-state index is -0.759. The number of esters is 1. The van der Waals surface area contributed by atoms with E-state index in [9.17, 15) is 19.7 Å². The molecule has 1 unspecified atom stereocenters. The van der Waals surface area contributed by atoms with Gasteiger partial charge in [0.25, 0.3) is 5.69 Å². The highest BCUT2D eigenvalue weighted by atomic mass is 16.6. The normalized spacial score (nSPS) is 15.2. The summed E-state index contributed by atoms with van der Waals surface area (Å²) in [5.41, 5.74) is 1.23. The molecule has 1 aliphatic heterocycles. The summed E-state index contributed by atoms with van der Waals surface area (Å²) < 4.78 is 5.25. The predicted octanol–water partition coefficient (Wildman–Crippen LogP) is 2.85. The van der Waals surface area contributed by atoms with Crippen LogP contribution in [0.1, 0.15) is 39.2 Å². The van der Waals surface area contributed by atoms with Gasteiger partial charge in [0.15, 0.2) is 0 Å². The molecule has 0 saturated carbocycles. The first-order valence-corrected chi connectivity index (χ1v) is 8.07. The molecule has 0 aromatic heterocycles. The standard InChI is InChI=1S/C17H22N2O5/c1-11(2)8-9-24-17(21)12(3)18-15-6-5-14(19(22)23)10-13(15)4-7-16(18)20/h5-6,10-12H,4,7-9H2,1-3H3. The van der Waals surface area contributed by atoms with E-state index >= 15 is 0 Å². The van der Waals surface area contributed by atoms with Gasteiger partial charge >= 0.3 is 5.97 Å². The lowest BCUT2D eigenvalue weighted by Gasteiger charge is -2.33. The summed E-state index contributed by atoms with van der Waals surface area (Å²) in [5.74, 6) is -0.217. The molecule has 1 aliphatic rings. The van der Waals surface area contributed by atoms with Crippen LogP contribution in [0.25, 0.3) is 0 Å². The fourth-order valence-electron chi connectivity index (χ4n) is 2.66. The Labute approximate surface area is 140 Å². The van der Waals surface area contributed by atoms with Crippen molar-refractivity contribution in [3.8, 4) is 0 Å². The lowest BCUT2D eigenvalue weighted by Crippen LogP contribution is -2.46. The third kappa shape index (κ3) is 3.90. The highest BCUT2D eigenvalue weighted by Gasteiger charge is 2.33. The maximum Gasteiger partial charge on any atom is 0.328 e. The minimum absolute atomic E-state index is 0.0183. The number of aryl methyl sites for hydroxylation is 1. The molecule has 0 bridgehead atoms. The van der Waals surface area contributed by atoms with E-state index in [0.29, 0.717) is 30.2 Å². The summed E-state index contributed by atoms with van der Waals surface area (Å²) in [4.78, 5) is 36.3. The van der Waals surface area contributed by atoms with Crippen LogP contribution in [0.15, 0.2) is 18.2 Å². The van der Waals surface area contributed by atoms with Gasteiger partial charge in [-0.3, -0.25) is 19.8 Å². The Morgan fingerprint density at radius 2 is 2.04 bits per heavy atom. The molecule has 0 fully saturated rings. The van der Waals surface area contributed by atoms with Crippen LogP contribution in [-0.2, 0) is 20.7 Å². The molecule has 0 radical (unpaired) electrons. The van der Waals surface area contributed by atoms with Crippen LogP contribution in [-0.4, -0.2) is 29.4 Å². The lowest BCUT2D eigenvalue weighted by atomic mass is 9.99. The Balaban J connectivity index is 2.19. The van der Waals surface area contributed by atoms with Crippen LogP contribution in [0.4, 0.5) is 11.4 Å². The Morgan fingerprint density at radius 3 is 2.67 bits per heavy atom. The van der Waals surface area contributed by atoms with E-state index in [1.54, 1.807) is 6.92 Å². The highest BCUT2D eigenvalue weighted by Crippen LogP contribution is 2.32. The maximum atomic E-state index is 12.3. The van der Waals surface area contributed by atoms with Gasteiger partial charge in [0.2, 0.25) is 5.91 Å². The van der Waals surface area contributed by atoms with Gasteiger partial charge in [0, 0.05) is 24.2 Å². The number of carbonyl (C=O) groups is 2. The molecule has 0 saturated heterocycles. The molecule has 0 aliphatic carbocycles. The molecule has 0 N–H and O–H groups in total. The van der Waals surface area contributed by atoms with E-state index in [2.05, 4.69) is 0 Å². The van der Waals surface area contributed by atoms with E-state index in [-0.39, 0.29) is 18.0 Å². The molecule has 0 spiro atoms. The van der Waals surface area contributed by atoms with Gasteiger partial charge in [-0.15, -0.1) is 0 Å². The topological polar surface area (TPSA) is 89.8 Å². The first-order chi connectivity index (χ1) is 11.3. The van der Waals surface area contributed by atoms with Gasteiger partial charge in [0.05, 0.1) is 11.5 Å². The smallest absolute Gasteiger partial charge is 0.328 e. The Hall–Kier alpha value is -2.44. The molecular formula is C17H22N2O5. The zero-order valence-corrected chi connectivity index (χ0v) is 14.2. The number of hydrogen-bond donors (Lipinski definition) is 0. The van der Waals surface area contributed by atoms with E-state index < -0.39 is 16.9 Å². The summed E-state index contributed by atoms with van der Waals surface area (Å²) in [7, 11) is 0. The summed E-state index contributed by atoms with van der Waals surface area (Å²) >= 11 is 0. The van der Waals surface area contributed by atoms with Crippen molar-refractivity contribution in [3.63, 3.8) is 0 Å². The molecule has 1 heterocycles. The second kappa shape index (κ2) is 7.42. The fourth-order valence-corrected chi connectivity index (χ4v) is 2.66. The number of anilines is 1. The number of ether oxygens (including phenoxy) is 1. The van der Waals surface area contributed by atoms with Crippen molar-refractivity contribution in [2.45, 2.75) is 46.1 Å². The number of rotatable bonds is 6. The quantitative estimate of drug-likeness (QED) is 0.453. The number of amides is 1. The fraction of sp³-hybridized carbons (Fsp3) is 0.529. The van der Waals surface area contributed by atoms with Crippen molar-refractivity contribution in [3.05, 3.63) is 33.9 Å². The Bertz CT molecular complexity index is 656. The average molecular weight is 334 g/mol. The molecule has 130 valence electrons. The van der Waals surface area contributed by atoms with Crippen molar-refractivity contribution in [2.75, 3.05) is 11.5 Å². The predicted molar refractivity (Wildman–Crippen MR) is 88.8 cm³/mol. The van der Waals surface area contributed by atoms with E-state index in [1.165, 1.54) is 23.1 Å². The summed E-state index contributed by atoms with van der Waals surface area (Å²) in [6, 6.07) is 3.58. The molecular weight excluding hydrogens is 312 g/mol. The van der Waals surface area contributed by atoms with Gasteiger partial charge in [-0.2, -0.15) is 0 Å². The summed E-state index contributed by atoms with van der Waals surface area (Å²) in [6.45, 7) is 6.01. The number of benzene rings is 1. The van der Waals surface area contributed by atoms with Crippen molar-refractivity contribution < 1.29 is 19.2 Å². The maximum absolute atomic E-state index is 12.3. The van der Waals surface area contributed by atoms with Crippen molar-refractivity contribution in [1.82, 2.24) is 0 Å². The highest BCUT2D eigenvalue weighted by molar-refractivity contribution is 6.01.